The number of hydrogen-bond donors (Lipinski definition) is 0. The summed E-state index contributed by atoms with van der Waals surface area (Å²) in [5, 5.41) is 0. The van der Waals surface area contributed by atoms with E-state index in [0.29, 0.717) is 12.8 Å². The second-order valence-corrected chi connectivity index (χ2v) is 4.14. The maximum absolute atomic E-state index is 11.4. The van der Waals surface area contributed by atoms with Crippen LogP contribution in [0.3, 0.4) is 0 Å². The van der Waals surface area contributed by atoms with Crippen LogP contribution in [0.15, 0.2) is 47.7 Å². The number of para-hydroxylation sites is 1. The van der Waals surface area contributed by atoms with Gasteiger partial charge in [-0.3, -0.25) is 4.79 Å². The molecule has 0 fully saturated rings. The van der Waals surface area contributed by atoms with Gasteiger partial charge in [0, 0.05) is 12.8 Å². The lowest BCUT2D eigenvalue weighted by molar-refractivity contribution is -0.114. The molecule has 3 nitrogen and oxygen atoms in total. The van der Waals surface area contributed by atoms with Gasteiger partial charge in [-0.05, 0) is 29.4 Å². The zero-order valence-electron chi connectivity index (χ0n) is 9.31. The highest BCUT2D eigenvalue weighted by Gasteiger charge is 2.19. The third-order valence-electron chi connectivity index (χ3n) is 2.96. The Morgan fingerprint density at radius 2 is 1.88 bits per heavy atom. The van der Waals surface area contributed by atoms with Crippen LogP contribution in [-0.4, -0.2) is 12.6 Å². The number of ketones is 1. The first kappa shape index (κ1) is 10.1. The molecule has 1 aromatic rings. The number of carbonyl (C=O) groups excluding carboxylic acids is 1. The van der Waals surface area contributed by atoms with Crippen LogP contribution < -0.4 is 4.74 Å². The lowest BCUT2D eigenvalue weighted by Crippen LogP contribution is -2.14. The quantitative estimate of drug-likeness (QED) is 0.684. The van der Waals surface area contributed by atoms with E-state index in [0.717, 1.165) is 22.6 Å². The molecular weight excluding hydrogens is 216 g/mol. The molecule has 0 spiro atoms. The molecule has 0 atom stereocenters. The van der Waals surface area contributed by atoms with Gasteiger partial charge in [-0.1, -0.05) is 18.2 Å². The summed E-state index contributed by atoms with van der Waals surface area (Å²) in [4.78, 5) is 11.4. The third kappa shape index (κ3) is 1.96. The van der Waals surface area contributed by atoms with Crippen LogP contribution in [0.25, 0.3) is 0 Å². The fourth-order valence-corrected chi connectivity index (χ4v) is 2.12. The molecule has 1 aliphatic carbocycles. The second kappa shape index (κ2) is 4.09. The highest BCUT2D eigenvalue weighted by Crippen LogP contribution is 2.29. The van der Waals surface area contributed by atoms with Crippen LogP contribution in [0.2, 0.25) is 0 Å². The lowest BCUT2D eigenvalue weighted by atomic mass is 9.95. The summed E-state index contributed by atoms with van der Waals surface area (Å²) in [6, 6.07) is 7.85. The Labute approximate surface area is 99.3 Å². The van der Waals surface area contributed by atoms with Crippen LogP contribution in [0.1, 0.15) is 12.0 Å². The lowest BCUT2D eigenvalue weighted by Gasteiger charge is -2.21. The summed E-state index contributed by atoms with van der Waals surface area (Å²) in [6.45, 7) is 0.189. The first-order valence-electron chi connectivity index (χ1n) is 5.59. The summed E-state index contributed by atoms with van der Waals surface area (Å²) in [5.74, 6) is 1.74. The maximum Gasteiger partial charge on any atom is 0.230 e. The van der Waals surface area contributed by atoms with E-state index in [-0.39, 0.29) is 12.6 Å². The number of hydrogen-bond acceptors (Lipinski definition) is 3. The number of allylic oxidation sites excluding steroid dienone is 3. The molecule has 17 heavy (non-hydrogen) atoms. The van der Waals surface area contributed by atoms with E-state index in [1.807, 2.05) is 24.3 Å². The Bertz CT molecular complexity index is 526. The van der Waals surface area contributed by atoms with Crippen molar-refractivity contribution in [3.05, 3.63) is 53.3 Å². The van der Waals surface area contributed by atoms with Crippen LogP contribution in [0.5, 0.6) is 5.75 Å². The average Bonchev–Trinajstić information content (AvgIpc) is 2.31. The van der Waals surface area contributed by atoms with Gasteiger partial charge in [-0.2, -0.15) is 0 Å². The summed E-state index contributed by atoms with van der Waals surface area (Å²) in [7, 11) is 0. The molecule has 2 aliphatic rings. The topological polar surface area (TPSA) is 35.5 Å². The van der Waals surface area contributed by atoms with Gasteiger partial charge in [0.2, 0.25) is 6.79 Å². The Morgan fingerprint density at radius 1 is 1.00 bits per heavy atom. The molecule has 0 aromatic heterocycles. The average molecular weight is 228 g/mol. The monoisotopic (exact) mass is 228 g/mol. The minimum atomic E-state index is 0.131. The number of rotatable bonds is 0. The van der Waals surface area contributed by atoms with Crippen LogP contribution in [0.4, 0.5) is 0 Å². The molecule has 3 rings (SSSR count). The van der Waals surface area contributed by atoms with Gasteiger partial charge in [-0.25, -0.2) is 0 Å². The normalized spacial score (nSPS) is 18.5. The molecule has 86 valence electrons. The zero-order valence-corrected chi connectivity index (χ0v) is 9.31. The van der Waals surface area contributed by atoms with Crippen LogP contribution >= 0.6 is 0 Å². The zero-order chi connectivity index (χ0) is 11.7. The predicted molar refractivity (Wildman–Crippen MR) is 62.5 cm³/mol. The van der Waals surface area contributed by atoms with Crippen molar-refractivity contribution in [2.24, 2.45) is 0 Å². The van der Waals surface area contributed by atoms with Crippen molar-refractivity contribution < 1.29 is 14.3 Å². The molecule has 1 heterocycles. The van der Waals surface area contributed by atoms with E-state index in [4.69, 9.17) is 9.47 Å². The van der Waals surface area contributed by atoms with E-state index < -0.39 is 0 Å². The highest BCUT2D eigenvalue weighted by atomic mass is 16.7. The number of ether oxygens (including phenoxy) is 2. The number of benzene rings is 1. The Hall–Kier alpha value is -2.03. The van der Waals surface area contributed by atoms with Crippen LogP contribution in [0, 0.1) is 0 Å². The molecular formula is C14H12O3. The smallest absolute Gasteiger partial charge is 0.230 e. The van der Waals surface area contributed by atoms with Crippen molar-refractivity contribution in [3.63, 3.8) is 0 Å². The van der Waals surface area contributed by atoms with Crippen molar-refractivity contribution in [2.45, 2.75) is 12.8 Å². The molecule has 0 radical (unpaired) electrons. The van der Waals surface area contributed by atoms with Gasteiger partial charge < -0.3 is 9.47 Å². The van der Waals surface area contributed by atoms with E-state index in [9.17, 15) is 4.79 Å². The molecule has 0 bridgehead atoms. The van der Waals surface area contributed by atoms with Gasteiger partial charge in [0.15, 0.2) is 5.78 Å². The number of carbonyl (C=O) groups is 1. The molecule has 3 heteroatoms. The van der Waals surface area contributed by atoms with Crippen LogP contribution in [-0.2, 0) is 16.0 Å². The Morgan fingerprint density at radius 3 is 2.82 bits per heavy atom. The summed E-state index contributed by atoms with van der Waals surface area (Å²) in [6.07, 6.45) is 4.45. The first-order valence-corrected chi connectivity index (χ1v) is 5.59. The standard InChI is InChI=1S/C14H12O3/c15-12-5-6-14-11(8-12)7-10-3-1-2-4-13(10)16-9-17-14/h1-6H,7-9H2. The SMILES string of the molecule is O=C1C=CC2=C(C1)Cc1ccccc1OCO2. The van der Waals surface area contributed by atoms with Gasteiger partial charge in [0.1, 0.15) is 11.5 Å². The summed E-state index contributed by atoms with van der Waals surface area (Å²) >= 11 is 0. The van der Waals surface area contributed by atoms with Gasteiger partial charge in [0.25, 0.3) is 0 Å². The van der Waals surface area contributed by atoms with Crippen molar-refractivity contribution >= 4 is 5.78 Å². The molecule has 1 aromatic carbocycles. The minimum absolute atomic E-state index is 0.131. The van der Waals surface area contributed by atoms with Gasteiger partial charge in [-0.15, -0.1) is 0 Å². The van der Waals surface area contributed by atoms with E-state index >= 15 is 0 Å². The Balaban J connectivity index is 2.00. The van der Waals surface area contributed by atoms with Crippen molar-refractivity contribution in [3.8, 4) is 5.75 Å². The van der Waals surface area contributed by atoms with Gasteiger partial charge >= 0.3 is 0 Å². The first-order chi connectivity index (χ1) is 8.33. The second-order valence-electron chi connectivity index (χ2n) is 4.14. The van der Waals surface area contributed by atoms with E-state index in [1.54, 1.807) is 12.2 Å². The van der Waals surface area contributed by atoms with Crippen molar-refractivity contribution in [1.29, 1.82) is 0 Å². The molecule has 0 N–H and O–H groups in total. The fourth-order valence-electron chi connectivity index (χ4n) is 2.12. The summed E-state index contributed by atoms with van der Waals surface area (Å²) < 4.78 is 11.0. The summed E-state index contributed by atoms with van der Waals surface area (Å²) in [5.41, 5.74) is 2.14. The highest BCUT2D eigenvalue weighted by molar-refractivity contribution is 5.93. The molecule has 0 saturated heterocycles. The Kier molecular flexibility index (Phi) is 2.44. The number of fused-ring (bicyclic) bond motifs is 1. The largest absolute Gasteiger partial charge is 0.458 e. The minimum Gasteiger partial charge on any atom is -0.458 e. The molecule has 1 aliphatic heterocycles. The molecule has 0 saturated carbocycles. The third-order valence-corrected chi connectivity index (χ3v) is 2.96. The molecule has 0 unspecified atom stereocenters. The van der Waals surface area contributed by atoms with E-state index in [1.165, 1.54) is 0 Å². The van der Waals surface area contributed by atoms with Crippen molar-refractivity contribution in [2.75, 3.05) is 6.79 Å². The predicted octanol–water partition coefficient (Wildman–Crippen LogP) is 2.38. The maximum atomic E-state index is 11.4. The van der Waals surface area contributed by atoms with Gasteiger partial charge in [0.05, 0.1) is 0 Å². The fraction of sp³-hybridized carbons (Fsp3) is 0.214. The molecule has 0 amide bonds. The van der Waals surface area contributed by atoms with E-state index in [2.05, 4.69) is 0 Å². The van der Waals surface area contributed by atoms with Crippen molar-refractivity contribution in [1.82, 2.24) is 0 Å².